The number of ether oxygens (including phenoxy) is 1. The largest absolute Gasteiger partial charge is 0.383 e. The lowest BCUT2D eigenvalue weighted by molar-refractivity contribution is 0.183. The quantitative estimate of drug-likeness (QED) is 0.782. The van der Waals surface area contributed by atoms with Crippen molar-refractivity contribution < 1.29 is 4.74 Å². The summed E-state index contributed by atoms with van der Waals surface area (Å²) >= 11 is 0. The van der Waals surface area contributed by atoms with Crippen molar-refractivity contribution >= 4 is 5.69 Å². The number of rotatable bonds is 7. The Morgan fingerprint density at radius 3 is 2.94 bits per heavy atom. The summed E-state index contributed by atoms with van der Waals surface area (Å²) in [5.41, 5.74) is 2.44. The maximum atomic E-state index is 5.19. The summed E-state index contributed by atoms with van der Waals surface area (Å²) in [6.07, 6.45) is 3.76. The van der Waals surface area contributed by atoms with Gasteiger partial charge in [0.05, 0.1) is 6.61 Å². The lowest BCUT2D eigenvalue weighted by atomic mass is 10.2. The molecule has 4 heteroatoms. The normalized spacial score (nSPS) is 12.5. The molecule has 0 amide bonds. The summed E-state index contributed by atoms with van der Waals surface area (Å²) in [6, 6.07) is 2.40. The number of pyridine rings is 1. The average molecular weight is 237 g/mol. The molecule has 0 spiro atoms. The predicted octanol–water partition coefficient (Wildman–Crippen LogP) is 1.66. The van der Waals surface area contributed by atoms with Crippen molar-refractivity contribution in [3.8, 4) is 0 Å². The van der Waals surface area contributed by atoms with E-state index in [1.807, 2.05) is 12.4 Å². The third kappa shape index (κ3) is 3.98. The number of nitrogens with one attached hydrogen (secondary N) is 1. The van der Waals surface area contributed by atoms with Gasteiger partial charge in [0.1, 0.15) is 0 Å². The second-order valence-corrected chi connectivity index (χ2v) is 4.20. The van der Waals surface area contributed by atoms with Gasteiger partial charge in [0, 0.05) is 50.4 Å². The third-order valence-electron chi connectivity index (χ3n) is 2.89. The average Bonchev–Trinajstić information content (AvgIpc) is 2.36. The van der Waals surface area contributed by atoms with Crippen molar-refractivity contribution in [3.63, 3.8) is 0 Å². The highest BCUT2D eigenvalue weighted by atomic mass is 16.5. The fraction of sp³-hybridized carbons (Fsp3) is 0.615. The van der Waals surface area contributed by atoms with Gasteiger partial charge in [-0.1, -0.05) is 6.92 Å². The molecule has 1 unspecified atom stereocenters. The maximum absolute atomic E-state index is 5.19. The van der Waals surface area contributed by atoms with Crippen LogP contribution in [0.1, 0.15) is 19.4 Å². The number of hydrogen-bond donors (Lipinski definition) is 1. The van der Waals surface area contributed by atoms with E-state index in [0.717, 1.165) is 19.7 Å². The molecule has 96 valence electrons. The molecule has 0 aliphatic heterocycles. The van der Waals surface area contributed by atoms with Crippen LogP contribution in [-0.4, -0.2) is 38.3 Å². The Kier molecular flexibility index (Phi) is 5.94. The van der Waals surface area contributed by atoms with Crippen LogP contribution < -0.4 is 10.2 Å². The minimum Gasteiger partial charge on any atom is -0.383 e. The molecule has 1 heterocycles. The highest BCUT2D eigenvalue weighted by Crippen LogP contribution is 2.19. The van der Waals surface area contributed by atoms with Gasteiger partial charge in [-0.3, -0.25) is 4.98 Å². The molecule has 4 nitrogen and oxygen atoms in total. The first-order chi connectivity index (χ1) is 8.20. The SMILES string of the molecule is CCNCc1cnccc1N(C)C(C)COC. The van der Waals surface area contributed by atoms with Crippen molar-refractivity contribution in [2.75, 3.05) is 32.2 Å². The summed E-state index contributed by atoms with van der Waals surface area (Å²) in [7, 11) is 3.82. The molecule has 0 aliphatic carbocycles. The second-order valence-electron chi connectivity index (χ2n) is 4.20. The topological polar surface area (TPSA) is 37.4 Å². The molecule has 0 radical (unpaired) electrons. The fourth-order valence-electron chi connectivity index (χ4n) is 1.75. The van der Waals surface area contributed by atoms with Gasteiger partial charge in [-0.2, -0.15) is 0 Å². The minimum atomic E-state index is 0.350. The lowest BCUT2D eigenvalue weighted by Gasteiger charge is -2.28. The highest BCUT2D eigenvalue weighted by molar-refractivity contribution is 5.52. The molecule has 0 fully saturated rings. The van der Waals surface area contributed by atoms with Crippen LogP contribution in [0, 0.1) is 0 Å². The van der Waals surface area contributed by atoms with E-state index < -0.39 is 0 Å². The van der Waals surface area contributed by atoms with Gasteiger partial charge >= 0.3 is 0 Å². The molecule has 0 bridgehead atoms. The van der Waals surface area contributed by atoms with Crippen molar-refractivity contribution in [2.45, 2.75) is 26.4 Å². The van der Waals surface area contributed by atoms with Crippen LogP contribution in [0.25, 0.3) is 0 Å². The number of nitrogens with zero attached hydrogens (tertiary/aromatic N) is 2. The Morgan fingerprint density at radius 1 is 1.53 bits per heavy atom. The van der Waals surface area contributed by atoms with Crippen molar-refractivity contribution in [1.82, 2.24) is 10.3 Å². The number of hydrogen-bond acceptors (Lipinski definition) is 4. The molecule has 0 saturated carbocycles. The molecule has 0 aliphatic rings. The highest BCUT2D eigenvalue weighted by Gasteiger charge is 2.12. The van der Waals surface area contributed by atoms with Gasteiger partial charge in [-0.15, -0.1) is 0 Å². The van der Waals surface area contributed by atoms with Crippen LogP contribution in [0.5, 0.6) is 0 Å². The van der Waals surface area contributed by atoms with Crippen LogP contribution in [0.3, 0.4) is 0 Å². The minimum absolute atomic E-state index is 0.350. The summed E-state index contributed by atoms with van der Waals surface area (Å²) in [5.74, 6) is 0. The van der Waals surface area contributed by atoms with Gasteiger partial charge in [0.2, 0.25) is 0 Å². The van der Waals surface area contributed by atoms with Gasteiger partial charge in [-0.05, 0) is 19.5 Å². The van der Waals surface area contributed by atoms with Crippen molar-refractivity contribution in [1.29, 1.82) is 0 Å². The molecule has 1 aromatic rings. The molecule has 1 atom stereocenters. The third-order valence-corrected chi connectivity index (χ3v) is 2.89. The summed E-state index contributed by atoms with van der Waals surface area (Å²) in [4.78, 5) is 6.42. The monoisotopic (exact) mass is 237 g/mol. The zero-order valence-corrected chi connectivity index (χ0v) is 11.2. The van der Waals surface area contributed by atoms with Gasteiger partial charge in [0.15, 0.2) is 0 Å². The number of aromatic nitrogens is 1. The fourth-order valence-corrected chi connectivity index (χ4v) is 1.75. The standard InChI is InChI=1S/C13H23N3O/c1-5-14-8-12-9-15-7-6-13(12)16(3)11(2)10-17-4/h6-7,9,11,14H,5,8,10H2,1-4H3. The Bertz CT molecular complexity index is 330. The second kappa shape index (κ2) is 7.25. The number of anilines is 1. The van der Waals surface area contributed by atoms with E-state index in [2.05, 4.69) is 42.2 Å². The van der Waals surface area contributed by atoms with E-state index >= 15 is 0 Å². The van der Waals surface area contributed by atoms with E-state index in [-0.39, 0.29) is 0 Å². The van der Waals surface area contributed by atoms with E-state index in [0.29, 0.717) is 6.04 Å². The molecule has 0 saturated heterocycles. The van der Waals surface area contributed by atoms with Gasteiger partial charge < -0.3 is 15.0 Å². The van der Waals surface area contributed by atoms with E-state index in [1.54, 1.807) is 7.11 Å². The Hall–Kier alpha value is -1.13. The zero-order valence-electron chi connectivity index (χ0n) is 11.2. The summed E-state index contributed by atoms with van der Waals surface area (Å²) in [6.45, 7) is 6.79. The smallest absolute Gasteiger partial charge is 0.0663 e. The summed E-state index contributed by atoms with van der Waals surface area (Å²) in [5, 5.41) is 3.33. The van der Waals surface area contributed by atoms with Crippen LogP contribution in [0.2, 0.25) is 0 Å². The van der Waals surface area contributed by atoms with Gasteiger partial charge in [0.25, 0.3) is 0 Å². The number of likely N-dealkylation sites (N-methyl/N-ethyl adjacent to an activating group) is 1. The summed E-state index contributed by atoms with van der Waals surface area (Å²) < 4.78 is 5.19. The Morgan fingerprint density at radius 2 is 2.29 bits per heavy atom. The molecule has 1 aromatic heterocycles. The predicted molar refractivity (Wildman–Crippen MR) is 71.4 cm³/mol. The molecule has 1 N–H and O–H groups in total. The maximum Gasteiger partial charge on any atom is 0.0663 e. The van der Waals surface area contributed by atoms with Crippen LogP contribution in [-0.2, 0) is 11.3 Å². The lowest BCUT2D eigenvalue weighted by Crippen LogP contribution is -2.33. The van der Waals surface area contributed by atoms with Crippen LogP contribution >= 0.6 is 0 Å². The van der Waals surface area contributed by atoms with Crippen LogP contribution in [0.4, 0.5) is 5.69 Å². The van der Waals surface area contributed by atoms with Crippen LogP contribution in [0.15, 0.2) is 18.5 Å². The van der Waals surface area contributed by atoms with Gasteiger partial charge in [-0.25, -0.2) is 0 Å². The first kappa shape index (κ1) is 13.9. The Labute approximate surface area is 104 Å². The molecule has 17 heavy (non-hydrogen) atoms. The molecular weight excluding hydrogens is 214 g/mol. The molecule has 0 aromatic carbocycles. The van der Waals surface area contributed by atoms with Crippen molar-refractivity contribution in [2.24, 2.45) is 0 Å². The van der Waals surface area contributed by atoms with E-state index in [4.69, 9.17) is 4.74 Å². The van der Waals surface area contributed by atoms with E-state index in [1.165, 1.54) is 11.3 Å². The van der Waals surface area contributed by atoms with E-state index in [9.17, 15) is 0 Å². The Balaban J connectivity index is 2.80. The molecule has 1 rings (SSSR count). The first-order valence-corrected chi connectivity index (χ1v) is 6.06. The zero-order chi connectivity index (χ0) is 12.7. The first-order valence-electron chi connectivity index (χ1n) is 6.06. The number of methoxy groups -OCH3 is 1. The molecular formula is C13H23N3O. The van der Waals surface area contributed by atoms with Crippen molar-refractivity contribution in [3.05, 3.63) is 24.0 Å².